The molecule has 0 aliphatic carbocycles. The van der Waals surface area contributed by atoms with Crippen LogP contribution in [0.4, 0.5) is 0 Å². The van der Waals surface area contributed by atoms with Crippen molar-refractivity contribution < 1.29 is 14.7 Å². The van der Waals surface area contributed by atoms with Gasteiger partial charge in [0.2, 0.25) is 5.91 Å². The number of aryl methyl sites for hydroxylation is 2. The molecule has 1 atom stereocenters. The van der Waals surface area contributed by atoms with Crippen LogP contribution in [-0.4, -0.2) is 44.8 Å². The number of amides is 1. The second-order valence-electron chi connectivity index (χ2n) is 6.20. The Morgan fingerprint density at radius 3 is 2.52 bits per heavy atom. The lowest BCUT2D eigenvalue weighted by molar-refractivity contribution is -0.147. The van der Waals surface area contributed by atoms with Crippen LogP contribution in [0.1, 0.15) is 36.7 Å². The van der Waals surface area contributed by atoms with Crippen molar-refractivity contribution in [1.82, 2.24) is 14.7 Å². The molecule has 21 heavy (non-hydrogen) atoms. The van der Waals surface area contributed by atoms with Crippen molar-refractivity contribution in [2.24, 2.45) is 12.5 Å². The average molecular weight is 293 g/mol. The number of aliphatic carboxylic acids is 1. The van der Waals surface area contributed by atoms with Crippen LogP contribution in [0, 0.1) is 19.3 Å². The summed E-state index contributed by atoms with van der Waals surface area (Å²) >= 11 is 0. The van der Waals surface area contributed by atoms with Gasteiger partial charge >= 0.3 is 5.97 Å². The highest BCUT2D eigenvalue weighted by Crippen LogP contribution is 2.30. The highest BCUT2D eigenvalue weighted by molar-refractivity contribution is 5.80. The van der Waals surface area contributed by atoms with Gasteiger partial charge in [0.15, 0.2) is 0 Å². The maximum atomic E-state index is 12.3. The monoisotopic (exact) mass is 293 g/mol. The Bertz CT molecular complexity index is 579. The van der Waals surface area contributed by atoms with Crippen LogP contribution in [0.3, 0.4) is 0 Å². The number of aromatic nitrogens is 2. The topological polar surface area (TPSA) is 75.4 Å². The van der Waals surface area contributed by atoms with Crippen molar-refractivity contribution in [3.05, 3.63) is 17.0 Å². The number of likely N-dealkylation sites (tertiary alicyclic amines) is 1. The van der Waals surface area contributed by atoms with Gasteiger partial charge in [-0.2, -0.15) is 5.10 Å². The molecule has 1 saturated heterocycles. The van der Waals surface area contributed by atoms with E-state index in [4.69, 9.17) is 0 Å². The number of carbonyl (C=O) groups is 2. The Morgan fingerprint density at radius 2 is 2.05 bits per heavy atom. The van der Waals surface area contributed by atoms with E-state index in [0.717, 1.165) is 17.0 Å². The molecule has 1 aliphatic heterocycles. The van der Waals surface area contributed by atoms with E-state index in [9.17, 15) is 14.7 Å². The average Bonchev–Trinajstić information content (AvgIpc) is 2.91. The number of carboxylic acids is 1. The summed E-state index contributed by atoms with van der Waals surface area (Å²) in [6.45, 7) is 6.50. The zero-order chi connectivity index (χ0) is 15.8. The number of carboxylic acid groups (broad SMARTS) is 1. The first-order valence-corrected chi connectivity index (χ1v) is 7.25. The molecule has 116 valence electrons. The molecule has 6 nitrogen and oxygen atoms in total. The van der Waals surface area contributed by atoms with E-state index in [2.05, 4.69) is 5.10 Å². The highest BCUT2D eigenvalue weighted by Gasteiger charge is 2.41. The summed E-state index contributed by atoms with van der Waals surface area (Å²) in [7, 11) is 1.90. The normalized spacial score (nSPS) is 21.8. The third kappa shape index (κ3) is 2.94. The minimum atomic E-state index is -0.822. The Morgan fingerprint density at radius 1 is 1.38 bits per heavy atom. The second kappa shape index (κ2) is 5.50. The maximum Gasteiger partial charge on any atom is 0.311 e. The number of carbonyl (C=O) groups excluding carboxylic acids is 1. The second-order valence-corrected chi connectivity index (χ2v) is 6.20. The molecule has 0 radical (unpaired) electrons. The summed E-state index contributed by atoms with van der Waals surface area (Å²) in [5.74, 6) is -0.792. The van der Waals surface area contributed by atoms with Gasteiger partial charge in [-0.05, 0) is 39.2 Å². The highest BCUT2D eigenvalue weighted by atomic mass is 16.4. The van der Waals surface area contributed by atoms with Crippen molar-refractivity contribution in [1.29, 1.82) is 0 Å². The molecule has 6 heteroatoms. The zero-order valence-corrected chi connectivity index (χ0v) is 13.1. The summed E-state index contributed by atoms with van der Waals surface area (Å²) in [5, 5.41) is 13.6. The predicted octanol–water partition coefficient (Wildman–Crippen LogP) is 1.29. The SMILES string of the molecule is Cc1nn(C)c(C)c1CCC(=O)N1CCC(C)(C(=O)O)C1. The van der Waals surface area contributed by atoms with Crippen LogP contribution in [0.25, 0.3) is 0 Å². The molecular formula is C15H23N3O3. The number of hydrogen-bond donors (Lipinski definition) is 1. The molecule has 1 amide bonds. The van der Waals surface area contributed by atoms with E-state index in [1.54, 1.807) is 11.8 Å². The zero-order valence-electron chi connectivity index (χ0n) is 13.1. The van der Waals surface area contributed by atoms with Crippen molar-refractivity contribution in [2.45, 2.75) is 40.0 Å². The summed E-state index contributed by atoms with van der Waals surface area (Å²) in [6, 6.07) is 0. The number of nitrogens with zero attached hydrogens (tertiary/aromatic N) is 3. The molecule has 1 unspecified atom stereocenters. The van der Waals surface area contributed by atoms with E-state index in [1.807, 2.05) is 25.6 Å². The summed E-state index contributed by atoms with van der Waals surface area (Å²) in [5.41, 5.74) is 2.36. The number of rotatable bonds is 4. The molecule has 2 rings (SSSR count). The largest absolute Gasteiger partial charge is 0.481 e. The lowest BCUT2D eigenvalue weighted by atomic mass is 9.90. The first-order valence-electron chi connectivity index (χ1n) is 7.25. The third-order valence-electron chi connectivity index (χ3n) is 4.59. The lowest BCUT2D eigenvalue weighted by Gasteiger charge is -2.20. The third-order valence-corrected chi connectivity index (χ3v) is 4.59. The summed E-state index contributed by atoms with van der Waals surface area (Å²) in [6.07, 6.45) is 1.59. The molecular weight excluding hydrogens is 270 g/mol. The molecule has 1 fully saturated rings. The fourth-order valence-corrected chi connectivity index (χ4v) is 2.92. The van der Waals surface area contributed by atoms with E-state index in [0.29, 0.717) is 32.4 Å². The minimum absolute atomic E-state index is 0.0302. The van der Waals surface area contributed by atoms with Crippen molar-refractivity contribution in [3.8, 4) is 0 Å². The predicted molar refractivity (Wildman–Crippen MR) is 77.9 cm³/mol. The summed E-state index contributed by atoms with van der Waals surface area (Å²) < 4.78 is 1.83. The molecule has 1 aromatic heterocycles. The Kier molecular flexibility index (Phi) is 4.07. The molecule has 0 spiro atoms. The minimum Gasteiger partial charge on any atom is -0.481 e. The van der Waals surface area contributed by atoms with Crippen molar-refractivity contribution in [3.63, 3.8) is 0 Å². The van der Waals surface area contributed by atoms with Gasteiger partial charge in [0.05, 0.1) is 11.1 Å². The van der Waals surface area contributed by atoms with Gasteiger partial charge in [-0.1, -0.05) is 0 Å². The van der Waals surface area contributed by atoms with Gasteiger partial charge in [-0.25, -0.2) is 0 Å². The van der Waals surface area contributed by atoms with Crippen LogP contribution in [0.5, 0.6) is 0 Å². The first-order chi connectivity index (χ1) is 9.74. The molecule has 0 saturated carbocycles. The van der Waals surface area contributed by atoms with Crippen molar-refractivity contribution in [2.75, 3.05) is 13.1 Å². The molecule has 1 N–H and O–H groups in total. The Labute approximate surface area is 124 Å². The van der Waals surface area contributed by atoms with Gasteiger partial charge in [0.25, 0.3) is 0 Å². The van der Waals surface area contributed by atoms with Gasteiger partial charge in [0.1, 0.15) is 0 Å². The van der Waals surface area contributed by atoms with Crippen LogP contribution in [0.15, 0.2) is 0 Å². The Balaban J connectivity index is 1.96. The van der Waals surface area contributed by atoms with Gasteiger partial charge < -0.3 is 10.0 Å². The van der Waals surface area contributed by atoms with E-state index < -0.39 is 11.4 Å². The van der Waals surface area contributed by atoms with Crippen LogP contribution in [-0.2, 0) is 23.1 Å². The quantitative estimate of drug-likeness (QED) is 0.907. The molecule has 1 aliphatic rings. The van der Waals surface area contributed by atoms with Crippen LogP contribution < -0.4 is 0 Å². The van der Waals surface area contributed by atoms with Crippen LogP contribution >= 0.6 is 0 Å². The smallest absolute Gasteiger partial charge is 0.311 e. The fourth-order valence-electron chi connectivity index (χ4n) is 2.92. The standard InChI is InChI=1S/C15H23N3O3/c1-10-12(11(2)17(4)16-10)5-6-13(19)18-8-7-15(3,9-18)14(20)21/h5-9H2,1-4H3,(H,20,21). The van der Waals surface area contributed by atoms with E-state index >= 15 is 0 Å². The fraction of sp³-hybridized carbons (Fsp3) is 0.667. The maximum absolute atomic E-state index is 12.3. The number of hydrogen-bond acceptors (Lipinski definition) is 3. The molecule has 1 aromatic rings. The first kappa shape index (κ1) is 15.5. The van der Waals surface area contributed by atoms with Crippen LogP contribution in [0.2, 0.25) is 0 Å². The van der Waals surface area contributed by atoms with Gasteiger partial charge in [-0.3, -0.25) is 14.3 Å². The lowest BCUT2D eigenvalue weighted by Crippen LogP contribution is -2.35. The van der Waals surface area contributed by atoms with Gasteiger partial charge in [-0.15, -0.1) is 0 Å². The van der Waals surface area contributed by atoms with E-state index in [-0.39, 0.29) is 5.91 Å². The van der Waals surface area contributed by atoms with Gasteiger partial charge in [0, 0.05) is 32.3 Å². The molecule has 0 aromatic carbocycles. The van der Waals surface area contributed by atoms with Crippen molar-refractivity contribution >= 4 is 11.9 Å². The molecule has 0 bridgehead atoms. The Hall–Kier alpha value is -1.85. The van der Waals surface area contributed by atoms with E-state index in [1.165, 1.54) is 0 Å². The summed E-state index contributed by atoms with van der Waals surface area (Å²) in [4.78, 5) is 25.2. The molecule has 2 heterocycles.